The van der Waals surface area contributed by atoms with Crippen LogP contribution in [0, 0.1) is 0 Å². The molecule has 0 aromatic heterocycles. The van der Waals surface area contributed by atoms with E-state index in [0.717, 1.165) is 22.4 Å². The van der Waals surface area contributed by atoms with E-state index in [1.54, 1.807) is 24.3 Å². The van der Waals surface area contributed by atoms with Crippen LogP contribution < -0.4 is 4.90 Å². The van der Waals surface area contributed by atoms with Gasteiger partial charge in [-0.2, -0.15) is 0 Å². The number of aliphatic carboxylic acids is 1. The Bertz CT molecular complexity index is 915. The number of benzene rings is 2. The minimum Gasteiger partial charge on any atom is -0.480 e. The number of aliphatic hydroxyl groups excluding tert-OH is 1. The summed E-state index contributed by atoms with van der Waals surface area (Å²) in [4.78, 5) is 38.1. The quantitative estimate of drug-likeness (QED) is 0.447. The molecule has 2 atom stereocenters. The van der Waals surface area contributed by atoms with E-state index in [9.17, 15) is 19.5 Å². The molecule has 1 fully saturated rings. The number of hydrogen-bond acceptors (Lipinski definition) is 5. The van der Waals surface area contributed by atoms with Gasteiger partial charge in [-0.05, 0) is 36.1 Å². The van der Waals surface area contributed by atoms with E-state index in [1.807, 2.05) is 30.3 Å². The Morgan fingerprint density at radius 3 is 2.42 bits per heavy atom. The highest BCUT2D eigenvalue weighted by atomic mass is 16.5. The fourth-order valence-electron chi connectivity index (χ4n) is 3.59. The van der Waals surface area contributed by atoms with Crippen LogP contribution in [0.15, 0.2) is 54.6 Å². The van der Waals surface area contributed by atoms with Crippen LogP contribution in [-0.2, 0) is 20.7 Å². The van der Waals surface area contributed by atoms with Crippen molar-refractivity contribution in [2.24, 2.45) is 0 Å². The van der Waals surface area contributed by atoms with Crippen molar-refractivity contribution in [3.05, 3.63) is 65.7 Å². The Labute approximate surface area is 180 Å². The maximum absolute atomic E-state index is 12.6. The van der Waals surface area contributed by atoms with Crippen molar-refractivity contribution >= 4 is 23.6 Å². The number of carbonyl (C=O) groups excluding carboxylic acids is 2. The van der Waals surface area contributed by atoms with E-state index in [0.29, 0.717) is 12.1 Å². The number of ether oxygens (including phenoxy) is 1. The number of carboxylic acid groups (broad SMARTS) is 1. The number of nitrogens with zero attached hydrogens (tertiary/aromatic N) is 2. The van der Waals surface area contributed by atoms with Crippen molar-refractivity contribution in [3.63, 3.8) is 0 Å². The number of anilines is 1. The lowest BCUT2D eigenvalue weighted by molar-refractivity contribution is -0.142. The number of carbonyl (C=O) groups is 3. The Kier molecular flexibility index (Phi) is 7.38. The number of carboxylic acids is 1. The number of aliphatic hydroxyl groups is 1. The number of aryl methyl sites for hydroxylation is 1. The summed E-state index contributed by atoms with van der Waals surface area (Å²) in [5, 5.41) is 19.2. The lowest BCUT2D eigenvalue weighted by Crippen LogP contribution is -2.36. The molecule has 0 spiro atoms. The SMILES string of the molecule is CN1C(=O)C(CCOCC(=O)O)N(c2ccc(C(O)CCc3ccccc3)cc2)C1=O. The maximum Gasteiger partial charge on any atom is 0.331 e. The van der Waals surface area contributed by atoms with Crippen LogP contribution in [-0.4, -0.2) is 59.3 Å². The first kappa shape index (κ1) is 22.5. The topological polar surface area (TPSA) is 107 Å². The molecule has 1 heterocycles. The summed E-state index contributed by atoms with van der Waals surface area (Å²) in [6.07, 6.45) is 0.847. The van der Waals surface area contributed by atoms with Crippen LogP contribution in [0.4, 0.5) is 10.5 Å². The van der Waals surface area contributed by atoms with Crippen LogP contribution in [0.3, 0.4) is 0 Å². The highest BCUT2D eigenvalue weighted by Gasteiger charge is 2.43. The van der Waals surface area contributed by atoms with Gasteiger partial charge in [-0.25, -0.2) is 9.59 Å². The van der Waals surface area contributed by atoms with Crippen LogP contribution in [0.2, 0.25) is 0 Å². The summed E-state index contributed by atoms with van der Waals surface area (Å²) in [6.45, 7) is -0.420. The number of hydrogen-bond donors (Lipinski definition) is 2. The molecule has 0 aliphatic carbocycles. The Morgan fingerprint density at radius 1 is 1.10 bits per heavy atom. The van der Waals surface area contributed by atoms with Gasteiger partial charge in [-0.3, -0.25) is 14.6 Å². The lowest BCUT2D eigenvalue weighted by Gasteiger charge is -2.22. The highest BCUT2D eigenvalue weighted by Crippen LogP contribution is 2.29. The largest absolute Gasteiger partial charge is 0.480 e. The molecule has 2 aromatic rings. The van der Waals surface area contributed by atoms with Gasteiger partial charge in [0, 0.05) is 25.8 Å². The third-order valence-corrected chi connectivity index (χ3v) is 5.29. The number of imide groups is 1. The summed E-state index contributed by atoms with van der Waals surface area (Å²) in [7, 11) is 1.41. The molecule has 0 bridgehead atoms. The number of rotatable bonds is 10. The van der Waals surface area contributed by atoms with E-state index in [4.69, 9.17) is 9.84 Å². The summed E-state index contributed by atoms with van der Waals surface area (Å²) < 4.78 is 5.03. The van der Waals surface area contributed by atoms with Crippen LogP contribution in [0.25, 0.3) is 0 Å². The average Bonchev–Trinajstić information content (AvgIpc) is 2.99. The third kappa shape index (κ3) is 5.48. The van der Waals surface area contributed by atoms with Gasteiger partial charge in [0.25, 0.3) is 5.91 Å². The molecule has 2 N–H and O–H groups in total. The van der Waals surface area contributed by atoms with Gasteiger partial charge in [0.05, 0.1) is 6.10 Å². The molecule has 1 aliphatic heterocycles. The van der Waals surface area contributed by atoms with E-state index < -0.39 is 30.8 Å². The predicted octanol–water partition coefficient (Wildman–Crippen LogP) is 2.61. The number of likely N-dealkylation sites (N-methyl/N-ethyl adjacent to an activating group) is 1. The van der Waals surface area contributed by atoms with Crippen molar-refractivity contribution in [3.8, 4) is 0 Å². The fourth-order valence-corrected chi connectivity index (χ4v) is 3.59. The molecular weight excluding hydrogens is 400 g/mol. The fraction of sp³-hybridized carbons (Fsp3) is 0.348. The Hall–Kier alpha value is -3.23. The van der Waals surface area contributed by atoms with Crippen molar-refractivity contribution in [2.45, 2.75) is 31.4 Å². The normalized spacial score (nSPS) is 17.3. The molecular formula is C23H26N2O6. The summed E-state index contributed by atoms with van der Waals surface area (Å²) in [6, 6.07) is 15.6. The van der Waals surface area contributed by atoms with Gasteiger partial charge < -0.3 is 14.9 Å². The van der Waals surface area contributed by atoms with E-state index in [2.05, 4.69) is 0 Å². The Morgan fingerprint density at radius 2 is 1.77 bits per heavy atom. The van der Waals surface area contributed by atoms with Crippen molar-refractivity contribution in [1.82, 2.24) is 4.90 Å². The maximum atomic E-state index is 12.6. The molecule has 8 nitrogen and oxygen atoms in total. The molecule has 8 heteroatoms. The summed E-state index contributed by atoms with van der Waals surface area (Å²) in [5.41, 5.74) is 2.41. The first-order chi connectivity index (χ1) is 14.9. The molecule has 3 rings (SSSR count). The number of urea groups is 1. The second-order valence-electron chi connectivity index (χ2n) is 7.43. The summed E-state index contributed by atoms with van der Waals surface area (Å²) in [5.74, 6) is -1.46. The van der Waals surface area contributed by atoms with Gasteiger partial charge in [0.2, 0.25) is 0 Å². The number of amides is 3. The molecule has 164 valence electrons. The van der Waals surface area contributed by atoms with Gasteiger partial charge in [0.15, 0.2) is 0 Å². The first-order valence-electron chi connectivity index (χ1n) is 10.1. The molecule has 1 aliphatic rings. The molecule has 2 aromatic carbocycles. The van der Waals surface area contributed by atoms with Crippen molar-refractivity contribution < 1.29 is 29.3 Å². The van der Waals surface area contributed by atoms with Gasteiger partial charge in [-0.15, -0.1) is 0 Å². The molecule has 1 saturated heterocycles. The highest BCUT2D eigenvalue weighted by molar-refractivity contribution is 6.14. The van der Waals surface area contributed by atoms with Crippen molar-refractivity contribution in [1.29, 1.82) is 0 Å². The summed E-state index contributed by atoms with van der Waals surface area (Å²) >= 11 is 0. The molecule has 0 saturated carbocycles. The van der Waals surface area contributed by atoms with Crippen molar-refractivity contribution in [2.75, 3.05) is 25.2 Å². The zero-order valence-corrected chi connectivity index (χ0v) is 17.3. The van der Waals surface area contributed by atoms with E-state index >= 15 is 0 Å². The molecule has 31 heavy (non-hydrogen) atoms. The third-order valence-electron chi connectivity index (χ3n) is 5.29. The standard InChI is InChI=1S/C23H26N2O6/c1-24-22(29)19(13-14-31-15-21(27)28)25(23(24)30)18-10-8-17(9-11-18)20(26)12-7-16-5-3-2-4-6-16/h2-6,8-11,19-20,26H,7,12-15H2,1H3,(H,27,28). The van der Waals surface area contributed by atoms with Crippen LogP contribution in [0.1, 0.15) is 30.1 Å². The molecule has 2 unspecified atom stereocenters. The zero-order valence-electron chi connectivity index (χ0n) is 17.3. The van der Waals surface area contributed by atoms with Crippen LogP contribution >= 0.6 is 0 Å². The average molecular weight is 426 g/mol. The monoisotopic (exact) mass is 426 g/mol. The zero-order chi connectivity index (χ0) is 22.4. The predicted molar refractivity (Wildman–Crippen MR) is 114 cm³/mol. The van der Waals surface area contributed by atoms with Gasteiger partial charge in [0.1, 0.15) is 12.6 Å². The molecule has 0 radical (unpaired) electrons. The van der Waals surface area contributed by atoms with Crippen LogP contribution in [0.5, 0.6) is 0 Å². The second kappa shape index (κ2) is 10.2. The van der Waals surface area contributed by atoms with E-state index in [-0.39, 0.29) is 18.9 Å². The second-order valence-corrected chi connectivity index (χ2v) is 7.43. The van der Waals surface area contributed by atoms with Gasteiger partial charge in [-0.1, -0.05) is 42.5 Å². The lowest BCUT2D eigenvalue weighted by atomic mass is 10.0. The minimum absolute atomic E-state index is 0.0383. The Balaban J connectivity index is 1.66. The molecule has 3 amide bonds. The minimum atomic E-state index is -1.09. The van der Waals surface area contributed by atoms with Gasteiger partial charge >= 0.3 is 12.0 Å². The first-order valence-corrected chi connectivity index (χ1v) is 10.1. The van der Waals surface area contributed by atoms with E-state index in [1.165, 1.54) is 11.9 Å². The smallest absolute Gasteiger partial charge is 0.331 e.